The Labute approximate surface area is 151 Å². The highest BCUT2D eigenvalue weighted by Crippen LogP contribution is 2.21. The first-order valence-corrected chi connectivity index (χ1v) is 10.3. The Hall–Kier alpha value is -0.980. The smallest absolute Gasteiger partial charge is 0.147 e. The van der Waals surface area contributed by atoms with E-state index in [2.05, 4.69) is 31.9 Å². The summed E-state index contributed by atoms with van der Waals surface area (Å²) in [5.74, 6) is 2.99. The van der Waals surface area contributed by atoms with Crippen molar-refractivity contribution in [3.8, 4) is 0 Å². The molecule has 6 nitrogen and oxygen atoms in total. The number of rotatable bonds is 5. The largest absolute Gasteiger partial charge is 0.377 e. The zero-order chi connectivity index (χ0) is 17.1. The maximum Gasteiger partial charge on any atom is 0.147 e. The monoisotopic (exact) mass is 347 g/mol. The van der Waals surface area contributed by atoms with Gasteiger partial charge in [-0.3, -0.25) is 0 Å². The third-order valence-electron chi connectivity index (χ3n) is 6.18. The number of piperidine rings is 1. The molecule has 0 radical (unpaired) electrons. The van der Waals surface area contributed by atoms with Crippen molar-refractivity contribution in [1.29, 1.82) is 0 Å². The maximum atomic E-state index is 5.80. The van der Waals surface area contributed by atoms with Crippen molar-refractivity contribution in [3.05, 3.63) is 11.6 Å². The van der Waals surface area contributed by atoms with Gasteiger partial charge >= 0.3 is 0 Å². The van der Waals surface area contributed by atoms with Crippen molar-refractivity contribution in [2.75, 3.05) is 26.2 Å². The molecule has 4 rings (SSSR count). The van der Waals surface area contributed by atoms with Crippen molar-refractivity contribution in [2.45, 2.75) is 77.1 Å². The molecule has 0 saturated carbocycles. The number of nitrogens with zero attached hydrogens (tertiary/aromatic N) is 4. The normalized spacial score (nSPS) is 31.0. The summed E-state index contributed by atoms with van der Waals surface area (Å²) in [4.78, 5) is 2.60. The Morgan fingerprint density at radius 3 is 2.92 bits per heavy atom. The van der Waals surface area contributed by atoms with Crippen LogP contribution in [0, 0.1) is 5.92 Å². The number of hydrogen-bond acceptors (Lipinski definition) is 5. The van der Waals surface area contributed by atoms with E-state index in [0.29, 0.717) is 18.1 Å². The minimum Gasteiger partial charge on any atom is -0.377 e. The molecule has 1 aromatic heterocycles. The Kier molecular flexibility index (Phi) is 5.68. The molecule has 3 aliphatic heterocycles. The Morgan fingerprint density at radius 2 is 2.08 bits per heavy atom. The molecule has 140 valence electrons. The minimum atomic E-state index is 0.475. The van der Waals surface area contributed by atoms with E-state index in [1.807, 2.05) is 0 Å². The van der Waals surface area contributed by atoms with Crippen LogP contribution in [0.25, 0.3) is 0 Å². The van der Waals surface area contributed by atoms with Gasteiger partial charge in [0.15, 0.2) is 0 Å². The lowest BCUT2D eigenvalue weighted by Gasteiger charge is -2.38. The van der Waals surface area contributed by atoms with Crippen LogP contribution >= 0.6 is 0 Å². The summed E-state index contributed by atoms with van der Waals surface area (Å²) < 4.78 is 8.16. The predicted octanol–water partition coefficient (Wildman–Crippen LogP) is 1.98. The van der Waals surface area contributed by atoms with Crippen molar-refractivity contribution in [3.63, 3.8) is 0 Å². The first-order valence-electron chi connectivity index (χ1n) is 10.3. The van der Waals surface area contributed by atoms with Gasteiger partial charge in [-0.1, -0.05) is 13.3 Å². The van der Waals surface area contributed by atoms with Gasteiger partial charge in [0.2, 0.25) is 0 Å². The van der Waals surface area contributed by atoms with E-state index in [1.54, 1.807) is 0 Å². The molecule has 2 saturated heterocycles. The molecular formula is C19H33N5O. The molecule has 3 atom stereocenters. The van der Waals surface area contributed by atoms with Gasteiger partial charge in [-0.05, 0) is 44.6 Å². The first-order chi connectivity index (χ1) is 12.3. The van der Waals surface area contributed by atoms with Gasteiger partial charge in [0.05, 0.1) is 12.6 Å². The van der Waals surface area contributed by atoms with Crippen molar-refractivity contribution in [1.82, 2.24) is 25.0 Å². The molecule has 25 heavy (non-hydrogen) atoms. The van der Waals surface area contributed by atoms with E-state index in [0.717, 1.165) is 38.5 Å². The van der Waals surface area contributed by atoms with Gasteiger partial charge < -0.3 is 19.5 Å². The molecule has 0 amide bonds. The van der Waals surface area contributed by atoms with Crippen LogP contribution in [0.15, 0.2) is 0 Å². The molecule has 0 unspecified atom stereocenters. The third-order valence-corrected chi connectivity index (χ3v) is 6.18. The quantitative estimate of drug-likeness (QED) is 0.883. The number of likely N-dealkylation sites (tertiary alicyclic amines) is 1. The van der Waals surface area contributed by atoms with Gasteiger partial charge in [0, 0.05) is 38.7 Å². The molecule has 1 N–H and O–H groups in total. The molecular weight excluding hydrogens is 314 g/mol. The first kappa shape index (κ1) is 17.4. The van der Waals surface area contributed by atoms with Gasteiger partial charge in [-0.15, -0.1) is 10.2 Å². The van der Waals surface area contributed by atoms with E-state index in [9.17, 15) is 0 Å². The van der Waals surface area contributed by atoms with Crippen LogP contribution in [0.2, 0.25) is 0 Å². The summed E-state index contributed by atoms with van der Waals surface area (Å²) in [7, 11) is 0. The number of ether oxygens (including phenoxy) is 1. The minimum absolute atomic E-state index is 0.475. The highest BCUT2D eigenvalue weighted by molar-refractivity contribution is 4.98. The molecule has 3 aliphatic rings. The van der Waals surface area contributed by atoms with Crippen LogP contribution in [0.3, 0.4) is 0 Å². The lowest BCUT2D eigenvalue weighted by molar-refractivity contribution is 0.0511. The van der Waals surface area contributed by atoms with Crippen LogP contribution in [-0.2, 0) is 24.2 Å². The van der Waals surface area contributed by atoms with Gasteiger partial charge in [0.25, 0.3) is 0 Å². The number of fused-ring (bicyclic) bond motifs is 1. The molecule has 0 bridgehead atoms. The highest BCUT2D eigenvalue weighted by Gasteiger charge is 2.28. The Balaban J connectivity index is 1.27. The number of aromatic nitrogens is 3. The summed E-state index contributed by atoms with van der Waals surface area (Å²) >= 11 is 0. The summed E-state index contributed by atoms with van der Waals surface area (Å²) in [6.07, 6.45) is 9.09. The number of aryl methyl sites for hydroxylation is 1. The van der Waals surface area contributed by atoms with Crippen LogP contribution < -0.4 is 5.32 Å². The standard InChI is InChI=1S/C19H33N5O/c1-15-13-23(14-16-6-5-11-25-16)10-8-17(15)20-12-19-22-21-18-7-3-2-4-9-24(18)19/h15-17,20H,2-14H2,1H3/t15-,16+,17-/m1/s1. The fraction of sp³-hybridized carbons (Fsp3) is 0.895. The fourth-order valence-corrected chi connectivity index (χ4v) is 4.68. The summed E-state index contributed by atoms with van der Waals surface area (Å²) in [6, 6.07) is 0.583. The highest BCUT2D eigenvalue weighted by atomic mass is 16.5. The Morgan fingerprint density at radius 1 is 1.12 bits per heavy atom. The second kappa shape index (κ2) is 8.14. The SMILES string of the molecule is C[C@@H]1CN(C[C@@H]2CCCO2)CC[C@H]1NCc1nnc2n1CCCCC2. The number of nitrogens with one attached hydrogen (secondary N) is 1. The molecule has 0 aromatic carbocycles. The van der Waals surface area contributed by atoms with E-state index < -0.39 is 0 Å². The third kappa shape index (κ3) is 4.23. The Bertz CT molecular complexity index is 554. The van der Waals surface area contributed by atoms with E-state index in [-0.39, 0.29) is 0 Å². The predicted molar refractivity (Wildman–Crippen MR) is 97.4 cm³/mol. The van der Waals surface area contributed by atoms with Crippen LogP contribution in [0.1, 0.15) is 57.1 Å². The average molecular weight is 348 g/mol. The molecule has 6 heteroatoms. The molecule has 0 spiro atoms. The zero-order valence-electron chi connectivity index (χ0n) is 15.6. The average Bonchev–Trinajstić information content (AvgIpc) is 3.19. The number of hydrogen-bond donors (Lipinski definition) is 1. The van der Waals surface area contributed by atoms with Crippen LogP contribution in [0.5, 0.6) is 0 Å². The van der Waals surface area contributed by atoms with Gasteiger partial charge in [-0.2, -0.15) is 0 Å². The fourth-order valence-electron chi connectivity index (χ4n) is 4.68. The maximum absolute atomic E-state index is 5.80. The zero-order valence-corrected chi connectivity index (χ0v) is 15.6. The summed E-state index contributed by atoms with van der Waals surface area (Å²) in [5.41, 5.74) is 0. The molecule has 2 fully saturated rings. The lowest BCUT2D eigenvalue weighted by atomic mass is 9.93. The second-order valence-electron chi connectivity index (χ2n) is 8.14. The van der Waals surface area contributed by atoms with Gasteiger partial charge in [-0.25, -0.2) is 0 Å². The van der Waals surface area contributed by atoms with E-state index >= 15 is 0 Å². The summed E-state index contributed by atoms with van der Waals surface area (Å²) in [5, 5.41) is 12.7. The van der Waals surface area contributed by atoms with Crippen molar-refractivity contribution in [2.24, 2.45) is 5.92 Å². The van der Waals surface area contributed by atoms with E-state index in [4.69, 9.17) is 4.74 Å². The van der Waals surface area contributed by atoms with Gasteiger partial charge in [0.1, 0.15) is 11.6 Å². The van der Waals surface area contributed by atoms with Crippen molar-refractivity contribution < 1.29 is 4.74 Å². The van der Waals surface area contributed by atoms with Crippen molar-refractivity contribution >= 4 is 0 Å². The molecule has 4 heterocycles. The topological polar surface area (TPSA) is 55.2 Å². The van der Waals surface area contributed by atoms with Crippen LogP contribution in [-0.4, -0.2) is 58.1 Å². The summed E-state index contributed by atoms with van der Waals surface area (Å²) in [6.45, 7) is 8.76. The molecule has 1 aromatic rings. The second-order valence-corrected chi connectivity index (χ2v) is 8.14. The van der Waals surface area contributed by atoms with E-state index in [1.165, 1.54) is 57.4 Å². The molecule has 0 aliphatic carbocycles. The van der Waals surface area contributed by atoms with Crippen LogP contribution in [0.4, 0.5) is 0 Å². The lowest BCUT2D eigenvalue weighted by Crippen LogP contribution is -2.49.